The monoisotopic (exact) mass is 350 g/mol. The fraction of sp³-hybridized carbons (Fsp3) is 0.588. The number of rotatable bonds is 5. The highest BCUT2D eigenvalue weighted by molar-refractivity contribution is 7.90. The van der Waals surface area contributed by atoms with E-state index in [0.717, 1.165) is 5.56 Å². The Morgan fingerprint density at radius 2 is 1.88 bits per heavy atom. The van der Waals surface area contributed by atoms with Gasteiger partial charge in [-0.15, -0.1) is 0 Å². The summed E-state index contributed by atoms with van der Waals surface area (Å²) in [4.78, 5) is 14.2. The molecule has 1 aromatic carbocycles. The van der Waals surface area contributed by atoms with Gasteiger partial charge in [0.1, 0.15) is 0 Å². The summed E-state index contributed by atoms with van der Waals surface area (Å²) in [6, 6.07) is 9.98. The van der Waals surface area contributed by atoms with Crippen molar-refractivity contribution in [1.82, 2.24) is 9.21 Å². The summed E-state index contributed by atoms with van der Waals surface area (Å²) < 4.78 is 26.4. The van der Waals surface area contributed by atoms with E-state index in [9.17, 15) is 18.3 Å². The van der Waals surface area contributed by atoms with Gasteiger partial charge in [0, 0.05) is 38.6 Å². The number of benzene rings is 1. The van der Waals surface area contributed by atoms with Gasteiger partial charge in [-0.25, -0.2) is 12.7 Å². The van der Waals surface area contributed by atoms with Crippen LogP contribution in [0.4, 0.5) is 0 Å². The van der Waals surface area contributed by atoms with E-state index < -0.39 is 21.4 Å². The molecule has 1 aliphatic carbocycles. The number of sulfonamides is 1. The summed E-state index contributed by atoms with van der Waals surface area (Å²) in [5.74, 6) is -0.996. The van der Waals surface area contributed by atoms with E-state index in [1.54, 1.807) is 0 Å². The molecule has 0 unspecified atom stereocenters. The van der Waals surface area contributed by atoms with Crippen molar-refractivity contribution in [2.24, 2.45) is 11.3 Å². The van der Waals surface area contributed by atoms with Crippen LogP contribution in [0.2, 0.25) is 0 Å². The molecule has 0 aromatic heterocycles. The SMILES string of the molecule is O=C(O)[C@@]12CN(Cc3ccccc3)C[C@@H]1CN(S(=O)(=O)C1CC1)C2. The summed E-state index contributed by atoms with van der Waals surface area (Å²) in [6.45, 7) is 2.23. The van der Waals surface area contributed by atoms with Crippen molar-refractivity contribution in [1.29, 1.82) is 0 Å². The number of likely N-dealkylation sites (tertiary alicyclic amines) is 1. The lowest BCUT2D eigenvalue weighted by atomic mass is 9.81. The number of hydrogen-bond donors (Lipinski definition) is 1. The summed E-state index contributed by atoms with van der Waals surface area (Å²) in [7, 11) is -3.30. The van der Waals surface area contributed by atoms with Crippen molar-refractivity contribution in [3.63, 3.8) is 0 Å². The summed E-state index contributed by atoms with van der Waals surface area (Å²) in [6.07, 6.45) is 1.42. The van der Waals surface area contributed by atoms with Crippen LogP contribution in [0, 0.1) is 11.3 Å². The van der Waals surface area contributed by atoms with Crippen LogP contribution in [0.25, 0.3) is 0 Å². The maximum absolute atomic E-state index is 12.5. The molecular weight excluding hydrogens is 328 g/mol. The number of hydrogen-bond acceptors (Lipinski definition) is 4. The third kappa shape index (κ3) is 2.55. The topological polar surface area (TPSA) is 77.9 Å². The Morgan fingerprint density at radius 1 is 1.17 bits per heavy atom. The Hall–Kier alpha value is -1.44. The number of fused-ring (bicyclic) bond motifs is 1. The van der Waals surface area contributed by atoms with Crippen molar-refractivity contribution in [3.05, 3.63) is 35.9 Å². The van der Waals surface area contributed by atoms with Gasteiger partial charge in [0.05, 0.1) is 10.7 Å². The van der Waals surface area contributed by atoms with Gasteiger partial charge in [0.25, 0.3) is 0 Å². The molecular formula is C17H22N2O4S. The van der Waals surface area contributed by atoms with Crippen LogP contribution in [0.15, 0.2) is 30.3 Å². The van der Waals surface area contributed by atoms with Gasteiger partial charge in [0.2, 0.25) is 10.0 Å². The van der Waals surface area contributed by atoms with Gasteiger partial charge in [0.15, 0.2) is 0 Å². The largest absolute Gasteiger partial charge is 0.481 e. The van der Waals surface area contributed by atoms with Crippen molar-refractivity contribution in [2.75, 3.05) is 26.2 Å². The van der Waals surface area contributed by atoms with Crippen LogP contribution in [0.3, 0.4) is 0 Å². The van der Waals surface area contributed by atoms with E-state index >= 15 is 0 Å². The summed E-state index contributed by atoms with van der Waals surface area (Å²) >= 11 is 0. The van der Waals surface area contributed by atoms with Crippen LogP contribution in [-0.4, -0.2) is 60.1 Å². The average Bonchev–Trinajstić information content (AvgIpc) is 3.25. The molecule has 1 saturated carbocycles. The molecule has 1 aromatic rings. The molecule has 0 bridgehead atoms. The number of nitrogens with zero attached hydrogens (tertiary/aromatic N) is 2. The van der Waals surface area contributed by atoms with Crippen molar-refractivity contribution >= 4 is 16.0 Å². The molecule has 0 radical (unpaired) electrons. The Kier molecular flexibility index (Phi) is 3.71. The van der Waals surface area contributed by atoms with E-state index in [2.05, 4.69) is 4.90 Å². The first-order valence-electron chi connectivity index (χ1n) is 8.40. The van der Waals surface area contributed by atoms with E-state index in [4.69, 9.17) is 0 Å². The molecule has 2 saturated heterocycles. The molecule has 2 atom stereocenters. The van der Waals surface area contributed by atoms with E-state index in [0.29, 0.717) is 39.0 Å². The minimum absolute atomic E-state index is 0.122. The molecule has 1 N–H and O–H groups in total. The molecule has 3 aliphatic rings. The lowest BCUT2D eigenvalue weighted by Crippen LogP contribution is -2.42. The highest BCUT2D eigenvalue weighted by Crippen LogP contribution is 2.46. The zero-order valence-electron chi connectivity index (χ0n) is 13.5. The second kappa shape index (κ2) is 5.54. The quantitative estimate of drug-likeness (QED) is 0.857. The van der Waals surface area contributed by atoms with Gasteiger partial charge in [-0.05, 0) is 18.4 Å². The number of carbonyl (C=O) groups is 1. The minimum atomic E-state index is -3.30. The number of carboxylic acid groups (broad SMARTS) is 1. The van der Waals surface area contributed by atoms with Crippen LogP contribution in [-0.2, 0) is 21.4 Å². The van der Waals surface area contributed by atoms with Gasteiger partial charge in [-0.1, -0.05) is 30.3 Å². The van der Waals surface area contributed by atoms with Crippen LogP contribution < -0.4 is 0 Å². The zero-order valence-corrected chi connectivity index (χ0v) is 14.3. The molecule has 0 spiro atoms. The Bertz CT molecular complexity index is 747. The third-order valence-electron chi connectivity index (χ3n) is 5.63. The van der Waals surface area contributed by atoms with Gasteiger partial charge >= 0.3 is 5.97 Å². The smallest absolute Gasteiger partial charge is 0.312 e. The predicted octanol–water partition coefficient (Wildman–Crippen LogP) is 0.997. The fourth-order valence-corrected chi connectivity index (χ4v) is 6.11. The molecule has 130 valence electrons. The van der Waals surface area contributed by atoms with Crippen LogP contribution in [0.1, 0.15) is 18.4 Å². The van der Waals surface area contributed by atoms with Crippen molar-refractivity contribution in [2.45, 2.75) is 24.6 Å². The highest BCUT2D eigenvalue weighted by atomic mass is 32.2. The lowest BCUT2D eigenvalue weighted by molar-refractivity contribution is -0.148. The molecule has 7 heteroatoms. The number of aliphatic carboxylic acids is 1. The summed E-state index contributed by atoms with van der Waals surface area (Å²) in [5, 5.41) is 9.57. The predicted molar refractivity (Wildman–Crippen MR) is 88.8 cm³/mol. The molecule has 2 aliphatic heterocycles. The molecule has 24 heavy (non-hydrogen) atoms. The van der Waals surface area contributed by atoms with Crippen LogP contribution >= 0.6 is 0 Å². The Balaban J connectivity index is 1.52. The highest BCUT2D eigenvalue weighted by Gasteiger charge is 2.60. The molecule has 6 nitrogen and oxygen atoms in total. The second-order valence-corrected chi connectivity index (χ2v) is 9.56. The average molecular weight is 350 g/mol. The third-order valence-corrected chi connectivity index (χ3v) is 7.94. The molecule has 3 fully saturated rings. The van der Waals surface area contributed by atoms with Gasteiger partial charge in [-0.3, -0.25) is 9.69 Å². The van der Waals surface area contributed by atoms with E-state index in [-0.39, 0.29) is 17.7 Å². The van der Waals surface area contributed by atoms with Gasteiger partial charge < -0.3 is 5.11 Å². The van der Waals surface area contributed by atoms with E-state index in [1.165, 1.54) is 4.31 Å². The first-order valence-corrected chi connectivity index (χ1v) is 9.91. The Morgan fingerprint density at radius 3 is 2.46 bits per heavy atom. The van der Waals surface area contributed by atoms with Crippen molar-refractivity contribution < 1.29 is 18.3 Å². The molecule has 0 amide bonds. The summed E-state index contributed by atoms with van der Waals surface area (Å²) in [5.41, 5.74) is 0.192. The van der Waals surface area contributed by atoms with Crippen LogP contribution in [0.5, 0.6) is 0 Å². The van der Waals surface area contributed by atoms with Gasteiger partial charge in [-0.2, -0.15) is 0 Å². The van der Waals surface area contributed by atoms with E-state index in [1.807, 2.05) is 30.3 Å². The molecule has 4 rings (SSSR count). The first kappa shape index (κ1) is 16.1. The van der Waals surface area contributed by atoms with Crippen molar-refractivity contribution in [3.8, 4) is 0 Å². The lowest BCUT2D eigenvalue weighted by Gasteiger charge is -2.25. The zero-order chi connectivity index (χ0) is 16.9. The molecule has 2 heterocycles. The maximum atomic E-state index is 12.5. The number of carboxylic acids is 1. The standard InChI is InChI=1S/C17H22N2O4S/c20-16(21)17-11-18(8-13-4-2-1-3-5-13)9-14(17)10-19(12-17)24(22,23)15-6-7-15/h1-5,14-15H,6-12H2,(H,20,21)/t14-,17-/m1/s1. The Labute approximate surface area is 142 Å². The normalized spacial score (nSPS) is 31.2. The first-order chi connectivity index (χ1) is 11.4. The second-order valence-electron chi connectivity index (χ2n) is 7.35. The minimum Gasteiger partial charge on any atom is -0.481 e. The fourth-order valence-electron chi connectivity index (χ4n) is 4.16. The maximum Gasteiger partial charge on any atom is 0.312 e.